The topological polar surface area (TPSA) is 84.9 Å². The lowest BCUT2D eigenvalue weighted by atomic mass is 10.2. The highest BCUT2D eigenvalue weighted by molar-refractivity contribution is 7.92. The standard InChI is InChI=1S/C22H22N2O5S/c1-24(30(26,27)19-14-12-18(28-2)13-15-19)17-10-8-16(9-11-17)22(25)23-20-6-4-5-7-21(20)29-3/h4-15H,1-3H3,(H,23,25). The number of para-hydroxylation sites is 2. The molecule has 0 fully saturated rings. The summed E-state index contributed by atoms with van der Waals surface area (Å²) < 4.78 is 37.2. The van der Waals surface area contributed by atoms with Crippen LogP contribution < -0.4 is 19.1 Å². The minimum Gasteiger partial charge on any atom is -0.497 e. The van der Waals surface area contributed by atoms with Crippen LogP contribution >= 0.6 is 0 Å². The zero-order valence-corrected chi connectivity index (χ0v) is 17.6. The Hall–Kier alpha value is -3.52. The molecule has 0 saturated heterocycles. The molecule has 1 amide bonds. The Balaban J connectivity index is 1.77. The predicted molar refractivity (Wildman–Crippen MR) is 116 cm³/mol. The monoisotopic (exact) mass is 426 g/mol. The second-order valence-electron chi connectivity index (χ2n) is 6.35. The second-order valence-corrected chi connectivity index (χ2v) is 8.32. The van der Waals surface area contributed by atoms with E-state index in [1.807, 2.05) is 6.07 Å². The molecule has 0 saturated carbocycles. The summed E-state index contributed by atoms with van der Waals surface area (Å²) in [5, 5.41) is 2.79. The molecular formula is C22H22N2O5S. The van der Waals surface area contributed by atoms with Gasteiger partial charge in [-0.25, -0.2) is 8.42 Å². The Morgan fingerprint density at radius 3 is 2.10 bits per heavy atom. The number of amides is 1. The molecule has 0 bridgehead atoms. The van der Waals surface area contributed by atoms with Crippen molar-refractivity contribution in [2.45, 2.75) is 4.90 Å². The normalized spacial score (nSPS) is 10.9. The van der Waals surface area contributed by atoms with Crippen molar-refractivity contribution in [1.29, 1.82) is 0 Å². The van der Waals surface area contributed by atoms with Crippen LogP contribution in [0.4, 0.5) is 11.4 Å². The first-order valence-electron chi connectivity index (χ1n) is 9.04. The van der Waals surface area contributed by atoms with E-state index < -0.39 is 10.0 Å². The fourth-order valence-corrected chi connectivity index (χ4v) is 4.01. The molecule has 0 heterocycles. The molecule has 0 radical (unpaired) electrons. The minimum atomic E-state index is -3.75. The van der Waals surface area contributed by atoms with E-state index in [1.54, 1.807) is 54.6 Å². The molecule has 0 atom stereocenters. The third-order valence-electron chi connectivity index (χ3n) is 4.57. The Labute approximate surface area is 175 Å². The number of carbonyl (C=O) groups excluding carboxylic acids is 1. The summed E-state index contributed by atoms with van der Waals surface area (Å²) in [4.78, 5) is 12.7. The molecule has 156 valence electrons. The molecule has 3 aromatic carbocycles. The van der Waals surface area contributed by atoms with Gasteiger partial charge >= 0.3 is 0 Å². The predicted octanol–water partition coefficient (Wildman–Crippen LogP) is 3.78. The van der Waals surface area contributed by atoms with Gasteiger partial charge in [0.1, 0.15) is 11.5 Å². The molecule has 3 aromatic rings. The average molecular weight is 426 g/mol. The molecule has 0 unspecified atom stereocenters. The SMILES string of the molecule is COc1ccc(S(=O)(=O)N(C)c2ccc(C(=O)Nc3ccccc3OC)cc2)cc1. The van der Waals surface area contributed by atoms with Gasteiger partial charge in [0, 0.05) is 12.6 Å². The van der Waals surface area contributed by atoms with Gasteiger partial charge in [-0.05, 0) is 60.7 Å². The number of hydrogen-bond donors (Lipinski definition) is 1. The maximum absolute atomic E-state index is 12.9. The first-order chi connectivity index (χ1) is 14.4. The van der Waals surface area contributed by atoms with E-state index in [9.17, 15) is 13.2 Å². The highest BCUT2D eigenvalue weighted by atomic mass is 32.2. The van der Waals surface area contributed by atoms with E-state index >= 15 is 0 Å². The van der Waals surface area contributed by atoms with Crippen molar-refractivity contribution in [3.8, 4) is 11.5 Å². The maximum Gasteiger partial charge on any atom is 0.264 e. The van der Waals surface area contributed by atoms with Gasteiger partial charge in [-0.15, -0.1) is 0 Å². The quantitative estimate of drug-likeness (QED) is 0.621. The van der Waals surface area contributed by atoms with Crippen LogP contribution in [0.5, 0.6) is 11.5 Å². The second kappa shape index (κ2) is 8.87. The number of benzene rings is 3. The van der Waals surface area contributed by atoms with Crippen LogP contribution in [-0.2, 0) is 10.0 Å². The number of nitrogens with one attached hydrogen (secondary N) is 1. The Kier molecular flexibility index (Phi) is 6.27. The van der Waals surface area contributed by atoms with E-state index in [1.165, 1.54) is 33.4 Å². The summed E-state index contributed by atoms with van der Waals surface area (Å²) >= 11 is 0. The van der Waals surface area contributed by atoms with Crippen molar-refractivity contribution in [2.75, 3.05) is 30.9 Å². The number of sulfonamides is 1. The molecule has 0 aliphatic heterocycles. The fourth-order valence-electron chi connectivity index (χ4n) is 2.81. The van der Waals surface area contributed by atoms with E-state index in [0.29, 0.717) is 28.4 Å². The Morgan fingerprint density at radius 2 is 1.50 bits per heavy atom. The van der Waals surface area contributed by atoms with Crippen LogP contribution in [0.25, 0.3) is 0 Å². The van der Waals surface area contributed by atoms with Gasteiger partial charge in [0.05, 0.1) is 30.5 Å². The van der Waals surface area contributed by atoms with Crippen LogP contribution in [0.3, 0.4) is 0 Å². The molecule has 0 aromatic heterocycles. The van der Waals surface area contributed by atoms with Crippen molar-refractivity contribution in [3.63, 3.8) is 0 Å². The van der Waals surface area contributed by atoms with Crippen molar-refractivity contribution in [2.24, 2.45) is 0 Å². The van der Waals surface area contributed by atoms with E-state index in [4.69, 9.17) is 9.47 Å². The highest BCUT2D eigenvalue weighted by Gasteiger charge is 2.21. The zero-order chi connectivity index (χ0) is 21.7. The molecular weight excluding hydrogens is 404 g/mol. The summed E-state index contributed by atoms with van der Waals surface area (Å²) in [7, 11) is 0.757. The largest absolute Gasteiger partial charge is 0.497 e. The molecule has 0 aliphatic carbocycles. The number of methoxy groups -OCH3 is 2. The van der Waals surface area contributed by atoms with Gasteiger partial charge in [-0.3, -0.25) is 9.10 Å². The first-order valence-corrected chi connectivity index (χ1v) is 10.5. The molecule has 30 heavy (non-hydrogen) atoms. The number of ether oxygens (including phenoxy) is 2. The molecule has 3 rings (SSSR count). The lowest BCUT2D eigenvalue weighted by molar-refractivity contribution is 0.102. The van der Waals surface area contributed by atoms with Gasteiger partial charge in [-0.1, -0.05) is 12.1 Å². The smallest absolute Gasteiger partial charge is 0.264 e. The average Bonchev–Trinajstić information content (AvgIpc) is 2.79. The fraction of sp³-hybridized carbons (Fsp3) is 0.136. The van der Waals surface area contributed by atoms with E-state index in [-0.39, 0.29) is 10.8 Å². The lowest BCUT2D eigenvalue weighted by Crippen LogP contribution is -2.26. The van der Waals surface area contributed by atoms with Crippen molar-refractivity contribution in [3.05, 3.63) is 78.4 Å². The van der Waals surface area contributed by atoms with Crippen molar-refractivity contribution in [1.82, 2.24) is 0 Å². The molecule has 8 heteroatoms. The Morgan fingerprint density at radius 1 is 0.867 bits per heavy atom. The molecule has 1 N–H and O–H groups in total. The van der Waals surface area contributed by atoms with Gasteiger partial charge in [-0.2, -0.15) is 0 Å². The summed E-state index contributed by atoms with van der Waals surface area (Å²) in [5.74, 6) is 0.793. The molecule has 7 nitrogen and oxygen atoms in total. The number of nitrogens with zero attached hydrogens (tertiary/aromatic N) is 1. The maximum atomic E-state index is 12.9. The van der Waals surface area contributed by atoms with E-state index in [0.717, 1.165) is 4.31 Å². The first kappa shape index (κ1) is 21.2. The minimum absolute atomic E-state index is 0.142. The number of carbonyl (C=O) groups is 1. The number of anilines is 2. The number of hydrogen-bond acceptors (Lipinski definition) is 5. The molecule has 0 aliphatic rings. The molecule has 0 spiro atoms. The van der Waals surface area contributed by atoms with Gasteiger partial charge < -0.3 is 14.8 Å². The lowest BCUT2D eigenvalue weighted by Gasteiger charge is -2.20. The number of rotatable bonds is 7. The van der Waals surface area contributed by atoms with Crippen LogP contribution in [0.1, 0.15) is 10.4 Å². The van der Waals surface area contributed by atoms with Gasteiger partial charge in [0.25, 0.3) is 15.9 Å². The summed E-state index contributed by atoms with van der Waals surface area (Å²) in [5.41, 5.74) is 1.37. The van der Waals surface area contributed by atoms with Crippen LogP contribution in [0.15, 0.2) is 77.7 Å². The summed E-state index contributed by atoms with van der Waals surface area (Å²) in [6, 6.07) is 19.5. The van der Waals surface area contributed by atoms with Crippen LogP contribution in [0.2, 0.25) is 0 Å². The highest BCUT2D eigenvalue weighted by Crippen LogP contribution is 2.26. The Bertz CT molecular complexity index is 1130. The van der Waals surface area contributed by atoms with Gasteiger partial charge in [0.2, 0.25) is 0 Å². The third-order valence-corrected chi connectivity index (χ3v) is 6.37. The van der Waals surface area contributed by atoms with E-state index in [2.05, 4.69) is 5.32 Å². The van der Waals surface area contributed by atoms with Crippen LogP contribution in [0, 0.1) is 0 Å². The summed E-state index contributed by atoms with van der Waals surface area (Å²) in [6.45, 7) is 0. The third kappa shape index (κ3) is 4.38. The zero-order valence-electron chi connectivity index (χ0n) is 16.8. The van der Waals surface area contributed by atoms with Crippen molar-refractivity contribution >= 4 is 27.3 Å². The van der Waals surface area contributed by atoms with Crippen LogP contribution in [-0.4, -0.2) is 35.6 Å². The summed E-state index contributed by atoms with van der Waals surface area (Å²) in [6.07, 6.45) is 0. The van der Waals surface area contributed by atoms with Gasteiger partial charge in [0.15, 0.2) is 0 Å². The van der Waals surface area contributed by atoms with Crippen molar-refractivity contribution < 1.29 is 22.7 Å².